The molecule has 1 unspecified atom stereocenters. The zero-order valence-electron chi connectivity index (χ0n) is 9.21. The molecule has 0 radical (unpaired) electrons. The summed E-state index contributed by atoms with van der Waals surface area (Å²) in [6.07, 6.45) is 0.0854. The summed E-state index contributed by atoms with van der Waals surface area (Å²) in [4.78, 5) is 10.7. The number of rotatable bonds is 6. The average molecular weight is 310 g/mol. The van der Waals surface area contributed by atoms with Crippen molar-refractivity contribution >= 4 is 40.2 Å². The molecule has 1 rings (SSSR count). The summed E-state index contributed by atoms with van der Waals surface area (Å²) in [5.74, 6) is -0.998. The summed E-state index contributed by atoms with van der Waals surface area (Å²) in [5, 5.41) is 8.93. The molecule has 18 heavy (non-hydrogen) atoms. The van der Waals surface area contributed by atoms with Crippen LogP contribution in [-0.4, -0.2) is 31.3 Å². The molecule has 0 fully saturated rings. The van der Waals surface area contributed by atoms with Crippen LogP contribution in [-0.2, 0) is 14.8 Å². The molecule has 0 saturated heterocycles. The number of thiol groups is 1. The minimum atomic E-state index is -3.95. The lowest BCUT2D eigenvalue weighted by atomic mass is 10.2. The topological polar surface area (TPSA) is 83.5 Å². The Labute approximate surface area is 116 Å². The second kappa shape index (κ2) is 6.42. The van der Waals surface area contributed by atoms with Crippen LogP contribution < -0.4 is 4.72 Å². The van der Waals surface area contributed by atoms with Gasteiger partial charge in [-0.25, -0.2) is 8.42 Å². The van der Waals surface area contributed by atoms with E-state index in [0.29, 0.717) is 0 Å². The number of sulfonamides is 1. The molecule has 1 aromatic carbocycles. The van der Waals surface area contributed by atoms with Crippen molar-refractivity contribution < 1.29 is 18.3 Å². The molecule has 1 aromatic rings. The van der Waals surface area contributed by atoms with Crippen LogP contribution in [0.25, 0.3) is 0 Å². The molecule has 100 valence electrons. The van der Waals surface area contributed by atoms with Crippen molar-refractivity contribution in [1.29, 1.82) is 0 Å². The summed E-state index contributed by atoms with van der Waals surface area (Å²) in [7, 11) is -3.95. The van der Waals surface area contributed by atoms with Crippen molar-refractivity contribution in [2.24, 2.45) is 0 Å². The summed E-state index contributed by atoms with van der Waals surface area (Å²) >= 11 is 9.65. The number of hydrogen-bond donors (Lipinski definition) is 3. The fraction of sp³-hybridized carbons (Fsp3) is 0.300. The first kappa shape index (κ1) is 15.3. The zero-order valence-corrected chi connectivity index (χ0v) is 11.7. The van der Waals surface area contributed by atoms with Crippen molar-refractivity contribution in [3.8, 4) is 0 Å². The first-order chi connectivity index (χ1) is 8.38. The molecule has 0 aliphatic rings. The minimum absolute atomic E-state index is 0.0417. The van der Waals surface area contributed by atoms with Crippen LogP contribution in [0.2, 0.25) is 5.02 Å². The van der Waals surface area contributed by atoms with E-state index in [2.05, 4.69) is 17.4 Å². The van der Waals surface area contributed by atoms with Gasteiger partial charge >= 0.3 is 5.97 Å². The largest absolute Gasteiger partial charge is 0.480 e. The molecule has 5 nitrogen and oxygen atoms in total. The van der Waals surface area contributed by atoms with Gasteiger partial charge in [0.25, 0.3) is 0 Å². The smallest absolute Gasteiger partial charge is 0.321 e. The summed E-state index contributed by atoms with van der Waals surface area (Å²) in [6, 6.07) is 4.61. The van der Waals surface area contributed by atoms with Crippen molar-refractivity contribution in [3.05, 3.63) is 29.3 Å². The monoisotopic (exact) mass is 309 g/mol. The highest BCUT2D eigenvalue weighted by molar-refractivity contribution is 7.89. The first-order valence-electron chi connectivity index (χ1n) is 4.99. The van der Waals surface area contributed by atoms with Gasteiger partial charge in [-0.1, -0.05) is 23.7 Å². The predicted octanol–water partition coefficient (Wildman–Crippen LogP) is 1.39. The molecule has 0 bridgehead atoms. The van der Waals surface area contributed by atoms with E-state index in [1.54, 1.807) is 6.07 Å². The van der Waals surface area contributed by atoms with Gasteiger partial charge in [0.05, 0.1) is 5.02 Å². The molecule has 8 heteroatoms. The second-order valence-electron chi connectivity index (χ2n) is 3.45. The van der Waals surface area contributed by atoms with Crippen LogP contribution in [0.15, 0.2) is 29.2 Å². The van der Waals surface area contributed by atoms with E-state index in [1.807, 2.05) is 0 Å². The highest BCUT2D eigenvalue weighted by Gasteiger charge is 2.25. The second-order valence-corrected chi connectivity index (χ2v) is 5.99. The van der Waals surface area contributed by atoms with E-state index in [9.17, 15) is 13.2 Å². The fourth-order valence-corrected chi connectivity index (χ4v) is 3.28. The maximum absolute atomic E-state index is 12.0. The maximum atomic E-state index is 12.0. The molecule has 0 heterocycles. The third kappa shape index (κ3) is 3.88. The van der Waals surface area contributed by atoms with E-state index in [1.165, 1.54) is 18.2 Å². The number of hydrogen-bond acceptors (Lipinski definition) is 4. The minimum Gasteiger partial charge on any atom is -0.480 e. The average Bonchev–Trinajstić information content (AvgIpc) is 2.28. The van der Waals surface area contributed by atoms with E-state index in [0.717, 1.165) is 0 Å². The number of halogens is 1. The van der Waals surface area contributed by atoms with Crippen molar-refractivity contribution in [2.45, 2.75) is 17.4 Å². The Morgan fingerprint density at radius 2 is 2.06 bits per heavy atom. The number of carboxylic acid groups (broad SMARTS) is 1. The summed E-state index contributed by atoms with van der Waals surface area (Å²) < 4.78 is 26.0. The number of benzene rings is 1. The van der Waals surface area contributed by atoms with Crippen LogP contribution in [0.3, 0.4) is 0 Å². The Balaban J connectivity index is 3.01. The third-order valence-electron chi connectivity index (χ3n) is 2.14. The predicted molar refractivity (Wildman–Crippen MR) is 71.7 cm³/mol. The lowest BCUT2D eigenvalue weighted by Gasteiger charge is -2.14. The van der Waals surface area contributed by atoms with Gasteiger partial charge in [0, 0.05) is 0 Å². The van der Waals surface area contributed by atoms with Crippen LogP contribution in [0, 0.1) is 0 Å². The van der Waals surface area contributed by atoms with Crippen molar-refractivity contribution in [3.63, 3.8) is 0 Å². The molecule has 0 spiro atoms. The van der Waals surface area contributed by atoms with Crippen LogP contribution in [0.4, 0.5) is 0 Å². The van der Waals surface area contributed by atoms with Crippen molar-refractivity contribution in [1.82, 2.24) is 4.72 Å². The van der Waals surface area contributed by atoms with Gasteiger partial charge < -0.3 is 5.11 Å². The van der Waals surface area contributed by atoms with E-state index in [-0.39, 0.29) is 22.1 Å². The Morgan fingerprint density at radius 1 is 1.44 bits per heavy atom. The standard InChI is InChI=1S/C10H12ClNO4S2/c11-7-3-1-2-4-9(7)18(15,16)12-8(5-6-17)10(13)14/h1-4,8,12,17H,5-6H2,(H,13,14). The molecule has 0 saturated carbocycles. The van der Waals surface area contributed by atoms with Crippen molar-refractivity contribution in [2.75, 3.05) is 5.75 Å². The Hall–Kier alpha value is -0.760. The molecule has 1 atom stereocenters. The van der Waals surface area contributed by atoms with Gasteiger partial charge in [0.1, 0.15) is 10.9 Å². The molecule has 0 aliphatic heterocycles. The van der Waals surface area contributed by atoms with E-state index < -0.39 is 22.0 Å². The maximum Gasteiger partial charge on any atom is 0.321 e. The Morgan fingerprint density at radius 3 is 2.56 bits per heavy atom. The van der Waals surface area contributed by atoms with Gasteiger partial charge in [0.15, 0.2) is 0 Å². The Kier molecular flexibility index (Phi) is 5.46. The lowest BCUT2D eigenvalue weighted by Crippen LogP contribution is -2.41. The molecule has 0 aromatic heterocycles. The molecular weight excluding hydrogens is 298 g/mol. The fourth-order valence-electron chi connectivity index (χ4n) is 1.28. The van der Waals surface area contributed by atoms with E-state index >= 15 is 0 Å². The van der Waals surface area contributed by atoms with E-state index in [4.69, 9.17) is 16.7 Å². The van der Waals surface area contributed by atoms with Crippen LogP contribution in [0.5, 0.6) is 0 Å². The highest BCUT2D eigenvalue weighted by atomic mass is 35.5. The first-order valence-corrected chi connectivity index (χ1v) is 7.48. The molecule has 2 N–H and O–H groups in total. The SMILES string of the molecule is O=C(O)C(CCS)NS(=O)(=O)c1ccccc1Cl. The quantitative estimate of drug-likeness (QED) is 0.693. The molecule has 0 aliphatic carbocycles. The Bertz CT molecular complexity index is 532. The number of nitrogens with one attached hydrogen (secondary N) is 1. The number of carboxylic acids is 1. The summed E-state index contributed by atoms with van der Waals surface area (Å²) in [6.45, 7) is 0. The van der Waals surface area contributed by atoms with Gasteiger partial charge in [-0.15, -0.1) is 0 Å². The normalized spacial score (nSPS) is 13.2. The van der Waals surface area contributed by atoms with Gasteiger partial charge in [-0.2, -0.15) is 17.4 Å². The lowest BCUT2D eigenvalue weighted by molar-refractivity contribution is -0.139. The van der Waals surface area contributed by atoms with Crippen LogP contribution in [0.1, 0.15) is 6.42 Å². The third-order valence-corrected chi connectivity index (χ3v) is 4.37. The highest BCUT2D eigenvalue weighted by Crippen LogP contribution is 2.20. The number of carbonyl (C=O) groups is 1. The summed E-state index contributed by atoms with van der Waals surface area (Å²) in [5.41, 5.74) is 0. The number of aliphatic carboxylic acids is 1. The molecule has 0 amide bonds. The molecular formula is C10H12ClNO4S2. The van der Waals surface area contributed by atoms with Gasteiger partial charge in [0.2, 0.25) is 10.0 Å². The van der Waals surface area contributed by atoms with Gasteiger partial charge in [-0.3, -0.25) is 4.79 Å². The zero-order chi connectivity index (χ0) is 13.8. The van der Waals surface area contributed by atoms with Crippen LogP contribution >= 0.6 is 24.2 Å². The van der Waals surface area contributed by atoms with Gasteiger partial charge in [-0.05, 0) is 24.3 Å².